The van der Waals surface area contributed by atoms with Crippen molar-refractivity contribution < 1.29 is 60.9 Å². The van der Waals surface area contributed by atoms with Crippen molar-refractivity contribution in [2.75, 3.05) is 39.6 Å². The highest BCUT2D eigenvalue weighted by Crippen LogP contribution is 2.54. The monoisotopic (exact) mass is 734 g/mol. The van der Waals surface area contributed by atoms with E-state index in [2.05, 4.69) is 19.7 Å². The number of hydrogen-bond donors (Lipinski definition) is 0. The van der Waals surface area contributed by atoms with E-state index in [0.717, 1.165) is 38.5 Å². The van der Waals surface area contributed by atoms with E-state index in [4.69, 9.17) is 42.0 Å². The number of phosphoric ester groups is 1. The maximum Gasteiger partial charge on any atom is 0.476 e. The summed E-state index contributed by atoms with van der Waals surface area (Å²) in [6, 6.07) is 0. The van der Waals surface area contributed by atoms with Crippen molar-refractivity contribution in [3.8, 4) is 0 Å². The van der Waals surface area contributed by atoms with Crippen LogP contribution in [0.2, 0.25) is 0 Å². The number of hydrogen-bond acceptors (Lipinski definition) is 13. The van der Waals surface area contributed by atoms with Crippen molar-refractivity contribution in [3.05, 3.63) is 36.5 Å². The van der Waals surface area contributed by atoms with Crippen LogP contribution in [0.4, 0.5) is 0 Å². The molecule has 0 rings (SSSR count). The van der Waals surface area contributed by atoms with Crippen molar-refractivity contribution in [1.82, 2.24) is 0 Å². The molecule has 0 N–H and O–H groups in total. The molecule has 0 aliphatic heterocycles. The van der Waals surface area contributed by atoms with Gasteiger partial charge < -0.3 is 28.4 Å². The topological polar surface area (TPSA) is 151 Å². The second-order valence-electron chi connectivity index (χ2n) is 12.3. The molecular formula is C36H63O13P. The molecule has 14 heteroatoms. The van der Waals surface area contributed by atoms with Gasteiger partial charge in [0.2, 0.25) is 0 Å². The van der Waals surface area contributed by atoms with Gasteiger partial charge in [-0.2, -0.15) is 0 Å². The Labute approximate surface area is 299 Å². The van der Waals surface area contributed by atoms with Crippen LogP contribution in [0, 0.1) is 0 Å². The van der Waals surface area contributed by atoms with Crippen molar-refractivity contribution >= 4 is 25.7 Å². The van der Waals surface area contributed by atoms with Gasteiger partial charge in [-0.05, 0) is 60.8 Å². The second kappa shape index (κ2) is 26.4. The van der Waals surface area contributed by atoms with Crippen LogP contribution >= 0.6 is 7.82 Å². The minimum atomic E-state index is -4.80. The van der Waals surface area contributed by atoms with Crippen LogP contribution in [0.25, 0.3) is 0 Å². The summed E-state index contributed by atoms with van der Waals surface area (Å²) < 4.78 is 67.4. The Hall–Kier alpha value is -2.38. The van der Waals surface area contributed by atoms with Crippen LogP contribution in [0.3, 0.4) is 0 Å². The third kappa shape index (κ3) is 20.5. The van der Waals surface area contributed by atoms with Crippen LogP contribution < -0.4 is 0 Å². The fraction of sp³-hybridized carbons (Fsp3) is 0.750. The second-order valence-corrected chi connectivity index (χ2v) is 13.8. The number of esters is 3. The molecule has 13 nitrogen and oxygen atoms in total. The lowest BCUT2D eigenvalue weighted by molar-refractivity contribution is -0.150. The summed E-state index contributed by atoms with van der Waals surface area (Å²) in [4.78, 5) is 37.2. The standard InChI is InChI=1S/C36H63O13P/c1-13-16-19-41-28(10)31(22-44-34(37)25(4)5)47-50(40,48-32(23-45-35(38)26(6)7)29(11)42-20-17-14-2)49-33(24-46-36(39)27(8)9)30(12)43-21-18-15-3/h28-33H,4,6,8,13-24H2,1-3,5,7,9-12H3. The molecular weight excluding hydrogens is 671 g/mol. The quantitative estimate of drug-likeness (QED) is 0.0240. The molecule has 6 atom stereocenters. The van der Waals surface area contributed by atoms with E-state index in [1.54, 1.807) is 20.8 Å². The van der Waals surface area contributed by atoms with E-state index in [9.17, 15) is 18.9 Å². The van der Waals surface area contributed by atoms with Crippen molar-refractivity contribution in [1.29, 1.82) is 0 Å². The first-order valence-electron chi connectivity index (χ1n) is 17.5. The van der Waals surface area contributed by atoms with Crippen LogP contribution in [-0.2, 0) is 60.9 Å². The molecule has 0 fully saturated rings. The fourth-order valence-electron chi connectivity index (χ4n) is 3.73. The summed E-state index contributed by atoms with van der Waals surface area (Å²) in [5, 5.41) is 0. The number of carbonyl (C=O) groups is 3. The third-order valence-electron chi connectivity index (χ3n) is 7.18. The predicted molar refractivity (Wildman–Crippen MR) is 191 cm³/mol. The first-order chi connectivity index (χ1) is 23.5. The lowest BCUT2D eigenvalue weighted by atomic mass is 10.2. The lowest BCUT2D eigenvalue weighted by Crippen LogP contribution is -2.40. The van der Waals surface area contributed by atoms with Crippen molar-refractivity contribution in [3.63, 3.8) is 0 Å². The number of carbonyl (C=O) groups excluding carboxylic acids is 3. The molecule has 0 aromatic rings. The molecule has 0 bridgehead atoms. The Morgan fingerprint density at radius 2 is 0.760 bits per heavy atom. The first-order valence-corrected chi connectivity index (χ1v) is 19.0. The first kappa shape index (κ1) is 47.6. The van der Waals surface area contributed by atoms with Gasteiger partial charge in [-0.3, -0.25) is 13.6 Å². The molecule has 0 aromatic heterocycles. The van der Waals surface area contributed by atoms with Gasteiger partial charge in [-0.1, -0.05) is 59.8 Å². The van der Waals surface area contributed by atoms with Crippen molar-refractivity contribution in [2.45, 2.75) is 137 Å². The molecule has 0 saturated carbocycles. The summed E-state index contributed by atoms with van der Waals surface area (Å²) in [6.45, 7) is 26.2. The van der Waals surface area contributed by atoms with Gasteiger partial charge >= 0.3 is 25.7 Å². The van der Waals surface area contributed by atoms with E-state index in [-0.39, 0.29) is 16.7 Å². The number of unbranched alkanes of at least 4 members (excludes halogenated alkanes) is 3. The SMILES string of the molecule is C=C(C)C(=O)OCC(OP(=O)(OC(COC(=O)C(=C)C)C(C)OCCCC)OC(COC(=O)C(=C)C)C(C)OCCCC)C(C)OCCCC. The summed E-state index contributed by atoms with van der Waals surface area (Å²) in [5.74, 6) is -2.08. The molecule has 0 aliphatic rings. The van der Waals surface area contributed by atoms with Crippen molar-refractivity contribution in [2.24, 2.45) is 0 Å². The van der Waals surface area contributed by atoms with Gasteiger partial charge in [-0.25, -0.2) is 18.9 Å². The average Bonchev–Trinajstić information content (AvgIpc) is 3.06. The highest BCUT2D eigenvalue weighted by atomic mass is 31.2. The zero-order valence-electron chi connectivity index (χ0n) is 31.8. The van der Waals surface area contributed by atoms with E-state index >= 15 is 0 Å². The normalized spacial score (nSPS) is 16.2. The Morgan fingerprint density at radius 3 is 0.960 bits per heavy atom. The molecule has 0 heterocycles. The van der Waals surface area contributed by atoms with Gasteiger partial charge in [0.05, 0.1) is 18.3 Å². The molecule has 0 radical (unpaired) electrons. The number of phosphoric acid groups is 1. The van der Waals surface area contributed by atoms with Gasteiger partial charge in [0.15, 0.2) is 0 Å². The van der Waals surface area contributed by atoms with Gasteiger partial charge in [0.1, 0.15) is 38.1 Å². The fourth-order valence-corrected chi connectivity index (χ4v) is 5.57. The minimum absolute atomic E-state index is 0.147. The smallest absolute Gasteiger partial charge is 0.459 e. The maximum absolute atomic E-state index is 15.0. The Bertz CT molecular complexity index is 974. The Kier molecular flexibility index (Phi) is 25.1. The van der Waals surface area contributed by atoms with Gasteiger partial charge in [-0.15, -0.1) is 0 Å². The highest BCUT2D eigenvalue weighted by molar-refractivity contribution is 7.48. The van der Waals surface area contributed by atoms with E-state index in [1.807, 2.05) is 20.8 Å². The molecule has 0 aliphatic carbocycles. The molecule has 6 unspecified atom stereocenters. The van der Waals surface area contributed by atoms with E-state index < -0.39 is 82.2 Å². The summed E-state index contributed by atoms with van der Waals surface area (Å²) in [6.07, 6.45) is -1.06. The van der Waals surface area contributed by atoms with Gasteiger partial charge in [0, 0.05) is 36.5 Å². The molecule has 50 heavy (non-hydrogen) atoms. The Morgan fingerprint density at radius 1 is 0.520 bits per heavy atom. The van der Waals surface area contributed by atoms with Gasteiger partial charge in [0.25, 0.3) is 0 Å². The van der Waals surface area contributed by atoms with E-state index in [1.165, 1.54) is 20.8 Å². The zero-order chi connectivity index (χ0) is 38.3. The minimum Gasteiger partial charge on any atom is -0.459 e. The van der Waals surface area contributed by atoms with Crippen LogP contribution in [0.1, 0.15) is 101 Å². The number of rotatable bonds is 30. The lowest BCUT2D eigenvalue weighted by Gasteiger charge is -2.34. The average molecular weight is 735 g/mol. The summed E-state index contributed by atoms with van der Waals surface area (Å²) in [5.41, 5.74) is 0.441. The Balaban J connectivity index is 6.94. The predicted octanol–water partition coefficient (Wildman–Crippen LogP) is 7.22. The van der Waals surface area contributed by atoms with Crippen LogP contribution in [0.15, 0.2) is 36.5 Å². The molecule has 290 valence electrons. The summed E-state index contributed by atoms with van der Waals surface area (Å²) >= 11 is 0. The molecule has 0 amide bonds. The third-order valence-corrected chi connectivity index (χ3v) is 8.77. The summed E-state index contributed by atoms with van der Waals surface area (Å²) in [7, 11) is -4.80. The maximum atomic E-state index is 15.0. The largest absolute Gasteiger partial charge is 0.476 e. The molecule has 0 saturated heterocycles. The zero-order valence-corrected chi connectivity index (χ0v) is 32.7. The van der Waals surface area contributed by atoms with Crippen LogP contribution in [0.5, 0.6) is 0 Å². The number of ether oxygens (including phenoxy) is 6. The van der Waals surface area contributed by atoms with Crippen LogP contribution in [-0.4, -0.2) is 94.2 Å². The molecule has 0 aromatic carbocycles. The van der Waals surface area contributed by atoms with E-state index in [0.29, 0.717) is 19.8 Å². The highest BCUT2D eigenvalue weighted by Gasteiger charge is 2.43. The molecule has 0 spiro atoms.